The van der Waals surface area contributed by atoms with Gasteiger partial charge in [-0.3, -0.25) is 4.79 Å². The fourth-order valence-corrected chi connectivity index (χ4v) is 2.21. The molecule has 0 saturated heterocycles. The molecule has 98 valence electrons. The maximum absolute atomic E-state index is 12.7. The van der Waals surface area contributed by atoms with E-state index >= 15 is 0 Å². The van der Waals surface area contributed by atoms with E-state index in [1.54, 1.807) is 0 Å². The molecule has 1 saturated carbocycles. The summed E-state index contributed by atoms with van der Waals surface area (Å²) in [6.45, 7) is 8.44. The van der Waals surface area contributed by atoms with E-state index in [1.807, 2.05) is 25.1 Å². The molecular formula is C15H20FNO. The van der Waals surface area contributed by atoms with Gasteiger partial charge in [0, 0.05) is 12.0 Å². The Morgan fingerprint density at radius 3 is 2.44 bits per heavy atom. The minimum atomic E-state index is -0.858. The van der Waals surface area contributed by atoms with Gasteiger partial charge in [0.2, 0.25) is 0 Å². The standard InChI is InChI=1S/C15H20FNO/c1-9-7-10(5-6-11(9)15(2,3)4)14(18)17-13-8-12(13)16/h5-7,12-13H,8H2,1-4H3,(H,17,18)/t12-,13+/m0/s1. The highest BCUT2D eigenvalue weighted by Gasteiger charge is 2.38. The van der Waals surface area contributed by atoms with Gasteiger partial charge in [-0.2, -0.15) is 0 Å². The third-order valence-electron chi connectivity index (χ3n) is 3.33. The number of aryl methyl sites for hydroxylation is 1. The van der Waals surface area contributed by atoms with Gasteiger partial charge in [0.05, 0.1) is 6.04 Å². The molecule has 3 heteroatoms. The second-order valence-corrected chi connectivity index (χ2v) is 6.11. The van der Waals surface area contributed by atoms with E-state index in [0.29, 0.717) is 12.0 Å². The molecule has 1 aliphatic carbocycles. The molecular weight excluding hydrogens is 229 g/mol. The third kappa shape index (κ3) is 2.71. The van der Waals surface area contributed by atoms with Gasteiger partial charge in [-0.1, -0.05) is 26.8 Å². The average Bonchev–Trinajstić information content (AvgIpc) is 2.92. The Morgan fingerprint density at radius 2 is 2.00 bits per heavy atom. The highest BCUT2D eigenvalue weighted by atomic mass is 19.1. The van der Waals surface area contributed by atoms with E-state index in [-0.39, 0.29) is 17.4 Å². The van der Waals surface area contributed by atoms with Gasteiger partial charge in [-0.05, 0) is 35.6 Å². The summed E-state index contributed by atoms with van der Waals surface area (Å²) < 4.78 is 12.7. The molecule has 2 nitrogen and oxygen atoms in total. The maximum Gasteiger partial charge on any atom is 0.251 e. The van der Waals surface area contributed by atoms with Crippen LogP contribution in [0.1, 0.15) is 48.7 Å². The van der Waals surface area contributed by atoms with Gasteiger partial charge in [-0.25, -0.2) is 4.39 Å². The summed E-state index contributed by atoms with van der Waals surface area (Å²) in [5, 5.41) is 2.69. The maximum atomic E-state index is 12.7. The number of rotatable bonds is 2. The molecule has 2 rings (SSSR count). The van der Waals surface area contributed by atoms with Gasteiger partial charge in [0.15, 0.2) is 0 Å². The Bertz CT molecular complexity index is 476. The van der Waals surface area contributed by atoms with E-state index in [0.717, 1.165) is 5.56 Å². The van der Waals surface area contributed by atoms with Gasteiger partial charge in [0.1, 0.15) is 6.17 Å². The first-order chi connectivity index (χ1) is 8.29. The summed E-state index contributed by atoms with van der Waals surface area (Å²) in [6, 6.07) is 5.41. The molecule has 2 atom stereocenters. The lowest BCUT2D eigenvalue weighted by molar-refractivity contribution is 0.0947. The van der Waals surface area contributed by atoms with Crippen molar-refractivity contribution in [1.29, 1.82) is 0 Å². The second kappa shape index (κ2) is 4.38. The van der Waals surface area contributed by atoms with Crippen LogP contribution >= 0.6 is 0 Å². The summed E-state index contributed by atoms with van der Waals surface area (Å²) in [7, 11) is 0. The van der Waals surface area contributed by atoms with Crippen molar-refractivity contribution >= 4 is 5.91 Å². The highest BCUT2D eigenvalue weighted by molar-refractivity contribution is 5.95. The molecule has 0 heterocycles. The third-order valence-corrected chi connectivity index (χ3v) is 3.33. The van der Waals surface area contributed by atoms with Crippen LogP contribution in [-0.4, -0.2) is 18.1 Å². The van der Waals surface area contributed by atoms with Gasteiger partial charge in [-0.15, -0.1) is 0 Å². The Kier molecular flexibility index (Phi) is 3.18. The summed E-state index contributed by atoms with van der Waals surface area (Å²) >= 11 is 0. The minimum Gasteiger partial charge on any atom is -0.346 e. The molecule has 1 fully saturated rings. The largest absolute Gasteiger partial charge is 0.346 e. The lowest BCUT2D eigenvalue weighted by atomic mass is 9.83. The second-order valence-electron chi connectivity index (χ2n) is 6.11. The van der Waals surface area contributed by atoms with E-state index in [2.05, 4.69) is 26.1 Å². The van der Waals surface area contributed by atoms with Crippen LogP contribution in [0.2, 0.25) is 0 Å². The van der Waals surface area contributed by atoms with E-state index in [4.69, 9.17) is 0 Å². The molecule has 0 unspecified atom stereocenters. The van der Waals surface area contributed by atoms with Crippen molar-refractivity contribution in [2.75, 3.05) is 0 Å². The average molecular weight is 249 g/mol. The van der Waals surface area contributed by atoms with Crippen molar-refractivity contribution in [3.8, 4) is 0 Å². The van der Waals surface area contributed by atoms with Crippen molar-refractivity contribution in [2.45, 2.75) is 51.7 Å². The normalized spacial score (nSPS) is 22.7. The Hall–Kier alpha value is -1.38. The molecule has 0 aliphatic heterocycles. The first-order valence-corrected chi connectivity index (χ1v) is 6.35. The smallest absolute Gasteiger partial charge is 0.251 e. The number of nitrogens with one attached hydrogen (secondary N) is 1. The fraction of sp³-hybridized carbons (Fsp3) is 0.533. The molecule has 1 amide bonds. The molecule has 1 N–H and O–H groups in total. The van der Waals surface area contributed by atoms with E-state index in [1.165, 1.54) is 5.56 Å². The van der Waals surface area contributed by atoms with Crippen LogP contribution in [0, 0.1) is 6.92 Å². The molecule has 1 aromatic carbocycles. The number of benzene rings is 1. The predicted octanol–water partition coefficient (Wildman–Crippen LogP) is 3.13. The Balaban J connectivity index is 2.15. The van der Waals surface area contributed by atoms with Crippen LogP contribution in [0.3, 0.4) is 0 Å². The molecule has 0 bridgehead atoms. The summed E-state index contributed by atoms with van der Waals surface area (Å²) in [5.74, 6) is -0.177. The number of hydrogen-bond acceptors (Lipinski definition) is 1. The number of halogens is 1. The van der Waals surface area contributed by atoms with Crippen molar-refractivity contribution in [3.05, 3.63) is 34.9 Å². The zero-order chi connectivity index (χ0) is 13.5. The van der Waals surface area contributed by atoms with E-state index in [9.17, 15) is 9.18 Å². The van der Waals surface area contributed by atoms with Crippen molar-refractivity contribution < 1.29 is 9.18 Å². The quantitative estimate of drug-likeness (QED) is 0.857. The zero-order valence-corrected chi connectivity index (χ0v) is 11.4. The molecule has 0 spiro atoms. The van der Waals surface area contributed by atoms with Crippen LogP contribution in [-0.2, 0) is 5.41 Å². The van der Waals surface area contributed by atoms with Crippen molar-refractivity contribution in [2.24, 2.45) is 0 Å². The summed E-state index contributed by atoms with van der Waals surface area (Å²) in [6.07, 6.45) is -0.408. The van der Waals surface area contributed by atoms with Crippen LogP contribution < -0.4 is 5.32 Å². The summed E-state index contributed by atoms with van der Waals surface area (Å²) in [4.78, 5) is 11.9. The number of carbonyl (C=O) groups is 1. The van der Waals surface area contributed by atoms with Crippen molar-refractivity contribution in [3.63, 3.8) is 0 Å². The van der Waals surface area contributed by atoms with Gasteiger partial charge in [0.25, 0.3) is 5.91 Å². The SMILES string of the molecule is Cc1cc(C(=O)N[C@@H]2C[C@@H]2F)ccc1C(C)(C)C. The number of hydrogen-bond donors (Lipinski definition) is 1. The first-order valence-electron chi connectivity index (χ1n) is 6.35. The fourth-order valence-electron chi connectivity index (χ4n) is 2.21. The molecule has 0 aromatic heterocycles. The first kappa shape index (κ1) is 13.1. The zero-order valence-electron chi connectivity index (χ0n) is 11.4. The van der Waals surface area contributed by atoms with Crippen LogP contribution in [0.25, 0.3) is 0 Å². The highest BCUT2D eigenvalue weighted by Crippen LogP contribution is 2.27. The van der Waals surface area contributed by atoms with E-state index < -0.39 is 6.17 Å². The number of alkyl halides is 1. The number of amides is 1. The topological polar surface area (TPSA) is 29.1 Å². The molecule has 0 radical (unpaired) electrons. The van der Waals surface area contributed by atoms with Crippen LogP contribution in [0.5, 0.6) is 0 Å². The summed E-state index contributed by atoms with van der Waals surface area (Å²) in [5.41, 5.74) is 3.01. The van der Waals surface area contributed by atoms with Crippen molar-refractivity contribution in [1.82, 2.24) is 5.32 Å². The monoisotopic (exact) mass is 249 g/mol. The predicted molar refractivity (Wildman–Crippen MR) is 70.6 cm³/mol. The lowest BCUT2D eigenvalue weighted by Crippen LogP contribution is -2.27. The number of carbonyl (C=O) groups excluding carboxylic acids is 1. The molecule has 1 aliphatic rings. The van der Waals surface area contributed by atoms with Crippen LogP contribution in [0.4, 0.5) is 4.39 Å². The van der Waals surface area contributed by atoms with Gasteiger partial charge < -0.3 is 5.32 Å². The minimum absolute atomic E-state index is 0.0691. The molecule has 18 heavy (non-hydrogen) atoms. The van der Waals surface area contributed by atoms with Crippen LogP contribution in [0.15, 0.2) is 18.2 Å². The van der Waals surface area contributed by atoms with Gasteiger partial charge >= 0.3 is 0 Å². The lowest BCUT2D eigenvalue weighted by Gasteiger charge is -2.22. The Morgan fingerprint density at radius 1 is 1.39 bits per heavy atom. The molecule has 1 aromatic rings. The Labute approximate surface area is 108 Å².